The molecular weight excluding hydrogens is 358 g/mol. The van der Waals surface area contributed by atoms with Crippen molar-refractivity contribution in [1.82, 2.24) is 14.5 Å². The van der Waals surface area contributed by atoms with E-state index in [1.165, 1.54) is 0 Å². The van der Waals surface area contributed by atoms with E-state index in [0.717, 1.165) is 39.0 Å². The molecule has 2 aromatic heterocycles. The maximum absolute atomic E-state index is 12.9. The number of carbonyl (C=O) groups is 1. The molecular formula is C21H19N3O4. The van der Waals surface area contributed by atoms with Gasteiger partial charge in [-0.1, -0.05) is 0 Å². The standard InChI is InChI=1S/C21H19N3O4/c1-23(2)9-14-13-5-12-8-24-17(20(12)22-16(13)3-4-18(14)25)6-11-7-19(26)28-10-15(11)21(24)27/h3-6,25H,7-10H2,1-2H3. The highest BCUT2D eigenvalue weighted by atomic mass is 16.5. The Morgan fingerprint density at radius 3 is 2.82 bits per heavy atom. The number of hydrogen-bond donors (Lipinski definition) is 1. The Labute approximate surface area is 160 Å². The van der Waals surface area contributed by atoms with Crippen molar-refractivity contribution in [3.05, 3.63) is 56.9 Å². The van der Waals surface area contributed by atoms with Gasteiger partial charge in [-0.25, -0.2) is 4.98 Å². The molecule has 7 heteroatoms. The highest BCUT2D eigenvalue weighted by Gasteiger charge is 2.28. The van der Waals surface area contributed by atoms with E-state index in [4.69, 9.17) is 9.72 Å². The Morgan fingerprint density at radius 1 is 1.21 bits per heavy atom. The maximum atomic E-state index is 12.9. The molecule has 28 heavy (non-hydrogen) atoms. The molecule has 0 atom stereocenters. The van der Waals surface area contributed by atoms with Crippen molar-refractivity contribution in [3.8, 4) is 17.1 Å². The zero-order valence-electron chi connectivity index (χ0n) is 15.7. The number of esters is 1. The number of nitrogens with zero attached hydrogens (tertiary/aromatic N) is 3. The Hall–Kier alpha value is -3.19. The molecule has 0 amide bonds. The molecule has 142 valence electrons. The van der Waals surface area contributed by atoms with E-state index in [-0.39, 0.29) is 30.3 Å². The van der Waals surface area contributed by atoms with Gasteiger partial charge in [0.15, 0.2) is 0 Å². The predicted molar refractivity (Wildman–Crippen MR) is 103 cm³/mol. The van der Waals surface area contributed by atoms with Crippen molar-refractivity contribution in [3.63, 3.8) is 0 Å². The van der Waals surface area contributed by atoms with Gasteiger partial charge in [0.1, 0.15) is 12.4 Å². The minimum atomic E-state index is -0.314. The molecule has 2 aliphatic rings. The van der Waals surface area contributed by atoms with Crippen molar-refractivity contribution in [1.29, 1.82) is 0 Å². The molecule has 1 aromatic carbocycles. The fourth-order valence-electron chi connectivity index (χ4n) is 4.09. The summed E-state index contributed by atoms with van der Waals surface area (Å²) in [5, 5.41) is 11.2. The van der Waals surface area contributed by atoms with Crippen LogP contribution in [0.5, 0.6) is 5.75 Å². The lowest BCUT2D eigenvalue weighted by Crippen LogP contribution is -2.29. The molecule has 5 rings (SSSR count). The van der Waals surface area contributed by atoms with Gasteiger partial charge in [0.05, 0.1) is 35.4 Å². The van der Waals surface area contributed by atoms with E-state index in [1.54, 1.807) is 16.7 Å². The number of aromatic hydroxyl groups is 1. The fraction of sp³-hybridized carbons (Fsp3) is 0.286. The van der Waals surface area contributed by atoms with Gasteiger partial charge in [0, 0.05) is 23.1 Å². The number of aromatic nitrogens is 2. The van der Waals surface area contributed by atoms with Crippen LogP contribution < -0.4 is 5.56 Å². The monoisotopic (exact) mass is 377 g/mol. The summed E-state index contributed by atoms with van der Waals surface area (Å²) in [6, 6.07) is 7.36. The summed E-state index contributed by atoms with van der Waals surface area (Å²) in [6.45, 7) is 1.04. The van der Waals surface area contributed by atoms with Crippen molar-refractivity contribution in [2.24, 2.45) is 0 Å². The van der Waals surface area contributed by atoms with E-state index < -0.39 is 0 Å². The normalized spacial score (nSPS) is 14.8. The summed E-state index contributed by atoms with van der Waals surface area (Å²) in [4.78, 5) is 31.4. The molecule has 0 bridgehead atoms. The number of phenols is 1. The largest absolute Gasteiger partial charge is 0.508 e. The zero-order valence-corrected chi connectivity index (χ0v) is 15.7. The second-order valence-electron chi connectivity index (χ2n) is 7.63. The fourth-order valence-corrected chi connectivity index (χ4v) is 4.09. The van der Waals surface area contributed by atoms with E-state index in [2.05, 4.69) is 0 Å². The molecule has 0 spiro atoms. The van der Waals surface area contributed by atoms with Crippen molar-refractivity contribution in [2.75, 3.05) is 14.1 Å². The Kier molecular flexibility index (Phi) is 3.57. The Morgan fingerprint density at radius 2 is 2.04 bits per heavy atom. The van der Waals surface area contributed by atoms with E-state index in [1.807, 2.05) is 31.1 Å². The number of carbonyl (C=O) groups excluding carboxylic acids is 1. The van der Waals surface area contributed by atoms with Crippen LogP contribution in [-0.2, 0) is 35.6 Å². The van der Waals surface area contributed by atoms with Gasteiger partial charge in [-0.3, -0.25) is 9.59 Å². The summed E-state index contributed by atoms with van der Waals surface area (Å²) in [5.74, 6) is -0.0768. The van der Waals surface area contributed by atoms with E-state index in [9.17, 15) is 14.7 Å². The van der Waals surface area contributed by atoms with Crippen LogP contribution in [0.2, 0.25) is 0 Å². The molecule has 0 radical (unpaired) electrons. The van der Waals surface area contributed by atoms with Crippen LogP contribution in [0.25, 0.3) is 22.3 Å². The summed E-state index contributed by atoms with van der Waals surface area (Å²) >= 11 is 0. The minimum Gasteiger partial charge on any atom is -0.508 e. The summed E-state index contributed by atoms with van der Waals surface area (Å²) in [7, 11) is 3.89. The molecule has 0 unspecified atom stereocenters. The lowest BCUT2D eigenvalue weighted by atomic mass is 10.0. The molecule has 1 N–H and O–H groups in total. The Bertz CT molecular complexity index is 1230. The summed E-state index contributed by atoms with van der Waals surface area (Å²) < 4.78 is 6.75. The van der Waals surface area contributed by atoms with Crippen LogP contribution in [0.1, 0.15) is 22.3 Å². The number of phenolic OH excluding ortho intramolecular Hbond substituents is 1. The SMILES string of the molecule is CN(C)Cc1c(O)ccc2nc3c(cc12)Cn1c-3cc2c(c1=O)COC(=O)C2. The van der Waals surface area contributed by atoms with Gasteiger partial charge in [-0.15, -0.1) is 0 Å². The third-order valence-corrected chi connectivity index (χ3v) is 5.41. The zero-order chi connectivity index (χ0) is 19.6. The van der Waals surface area contributed by atoms with Crippen molar-refractivity contribution in [2.45, 2.75) is 26.1 Å². The maximum Gasteiger partial charge on any atom is 0.310 e. The Balaban J connectivity index is 1.72. The smallest absolute Gasteiger partial charge is 0.310 e. The van der Waals surface area contributed by atoms with Gasteiger partial charge in [-0.2, -0.15) is 0 Å². The van der Waals surface area contributed by atoms with Crippen molar-refractivity contribution < 1.29 is 14.6 Å². The average molecular weight is 377 g/mol. The summed E-state index contributed by atoms with van der Waals surface area (Å²) in [5.41, 5.74) is 5.16. The molecule has 0 saturated carbocycles. The van der Waals surface area contributed by atoms with Crippen LogP contribution in [0, 0.1) is 0 Å². The molecule has 7 nitrogen and oxygen atoms in total. The average Bonchev–Trinajstić information content (AvgIpc) is 3.00. The number of rotatable bonds is 2. The number of ether oxygens (including phenoxy) is 1. The molecule has 2 aliphatic heterocycles. The molecule has 0 aliphatic carbocycles. The molecule has 3 aromatic rings. The van der Waals surface area contributed by atoms with Gasteiger partial charge in [-0.05, 0) is 43.9 Å². The van der Waals surface area contributed by atoms with Crippen LogP contribution in [0.4, 0.5) is 0 Å². The second-order valence-corrected chi connectivity index (χ2v) is 7.63. The first-order valence-corrected chi connectivity index (χ1v) is 9.13. The first kappa shape index (κ1) is 16.9. The highest BCUT2D eigenvalue weighted by Crippen LogP contribution is 2.36. The quantitative estimate of drug-likeness (QED) is 0.536. The van der Waals surface area contributed by atoms with Gasteiger partial charge < -0.3 is 19.3 Å². The highest BCUT2D eigenvalue weighted by molar-refractivity contribution is 5.88. The molecule has 0 saturated heterocycles. The number of pyridine rings is 2. The van der Waals surface area contributed by atoms with E-state index in [0.29, 0.717) is 18.7 Å². The van der Waals surface area contributed by atoms with Gasteiger partial charge in [0.25, 0.3) is 5.56 Å². The van der Waals surface area contributed by atoms with Crippen LogP contribution >= 0.6 is 0 Å². The van der Waals surface area contributed by atoms with E-state index >= 15 is 0 Å². The predicted octanol–water partition coefficient (Wildman–Crippen LogP) is 1.79. The number of fused-ring (bicyclic) bond motifs is 5. The number of cyclic esters (lactones) is 1. The minimum absolute atomic E-state index is 0.0277. The first-order valence-electron chi connectivity index (χ1n) is 9.13. The second kappa shape index (κ2) is 5.90. The number of benzene rings is 1. The van der Waals surface area contributed by atoms with Crippen LogP contribution in [-0.4, -0.2) is 39.6 Å². The van der Waals surface area contributed by atoms with Crippen LogP contribution in [0.15, 0.2) is 29.1 Å². The number of hydrogen-bond acceptors (Lipinski definition) is 6. The van der Waals surface area contributed by atoms with Gasteiger partial charge in [0.2, 0.25) is 0 Å². The topological polar surface area (TPSA) is 84.7 Å². The molecule has 4 heterocycles. The van der Waals surface area contributed by atoms with Crippen molar-refractivity contribution >= 4 is 16.9 Å². The summed E-state index contributed by atoms with van der Waals surface area (Å²) in [6.07, 6.45) is 0.113. The molecule has 0 fully saturated rings. The van der Waals surface area contributed by atoms with Gasteiger partial charge >= 0.3 is 5.97 Å². The third-order valence-electron chi connectivity index (χ3n) is 5.41. The lowest BCUT2D eigenvalue weighted by Gasteiger charge is -2.17. The first-order chi connectivity index (χ1) is 13.4. The third kappa shape index (κ3) is 2.43. The lowest BCUT2D eigenvalue weighted by molar-refractivity contribution is -0.145. The van der Waals surface area contributed by atoms with Crippen LogP contribution in [0.3, 0.4) is 0 Å².